The number of carbonyl (C=O) groups excluding carboxylic acids is 3. The molecular formula is C36H39ClN8O16. The monoisotopic (exact) mass is 874 g/mol. The summed E-state index contributed by atoms with van der Waals surface area (Å²) < 4.78 is 39.4. The van der Waals surface area contributed by atoms with Crippen molar-refractivity contribution >= 4 is 29.7 Å². The number of esters is 2. The number of rotatable bonds is 21. The largest absolute Gasteiger partial charge is 0.511 e. The molecule has 24 nitrogen and oxygen atoms in total. The van der Waals surface area contributed by atoms with Gasteiger partial charge in [0.2, 0.25) is 12.1 Å². The molecule has 61 heavy (non-hydrogen) atoms. The van der Waals surface area contributed by atoms with Crippen molar-refractivity contribution in [3.05, 3.63) is 91.0 Å². The van der Waals surface area contributed by atoms with E-state index >= 15 is 0 Å². The van der Waals surface area contributed by atoms with Crippen molar-refractivity contribution in [1.29, 1.82) is 0 Å². The molecule has 6 atom stereocenters. The summed E-state index contributed by atoms with van der Waals surface area (Å²) in [5.41, 5.74) is 3.40. The summed E-state index contributed by atoms with van der Waals surface area (Å²) in [7, 11) is 0. The van der Waals surface area contributed by atoms with Crippen molar-refractivity contribution < 1.29 is 67.4 Å². The van der Waals surface area contributed by atoms with Gasteiger partial charge in [0.1, 0.15) is 31.2 Å². The van der Waals surface area contributed by atoms with E-state index in [1.54, 1.807) is 4.57 Å². The smallest absolute Gasteiger partial charge is 0.455 e. The number of nitrogens with zero attached hydrogens (tertiary/aromatic N) is 7. The highest BCUT2D eigenvalue weighted by atomic mass is 35.5. The average molecular weight is 875 g/mol. The highest BCUT2D eigenvalue weighted by Crippen LogP contribution is 2.32. The van der Waals surface area contributed by atoms with Crippen LogP contribution in [-0.2, 0) is 60.6 Å². The number of hydrogen-bond donors (Lipinski definition) is 1. The first-order chi connectivity index (χ1) is 29.4. The van der Waals surface area contributed by atoms with E-state index in [1.165, 1.54) is 6.92 Å². The Hall–Kier alpha value is -6.50. The number of nitrogens with one attached hydrogen (secondary N) is 1. The molecule has 4 unspecified atom stereocenters. The minimum atomic E-state index is -1.49. The van der Waals surface area contributed by atoms with Gasteiger partial charge in [0, 0.05) is 25.5 Å². The summed E-state index contributed by atoms with van der Waals surface area (Å²) >= 11 is 6.53. The summed E-state index contributed by atoms with van der Waals surface area (Å²) in [5.74, 6) is -0.784. The topological polar surface area (TPSA) is 293 Å². The minimum absolute atomic E-state index is 0.0333. The van der Waals surface area contributed by atoms with Crippen LogP contribution in [0.1, 0.15) is 48.6 Å². The summed E-state index contributed by atoms with van der Waals surface area (Å²) in [6.45, 7) is 1.15. The Morgan fingerprint density at radius 2 is 1.67 bits per heavy atom. The van der Waals surface area contributed by atoms with Gasteiger partial charge in [-0.25, -0.2) is 19.4 Å². The molecule has 4 aromatic rings. The number of carbonyl (C=O) groups is 3. The number of imidazole rings is 1. The van der Waals surface area contributed by atoms with Crippen LogP contribution in [0, 0.1) is 20.2 Å². The summed E-state index contributed by atoms with van der Waals surface area (Å²) in [6.07, 6.45) is -5.58. The molecular weight excluding hydrogens is 836 g/mol. The summed E-state index contributed by atoms with van der Waals surface area (Å²) in [5, 5.41) is 32.9. The summed E-state index contributed by atoms with van der Waals surface area (Å²) in [4.78, 5) is 72.5. The van der Waals surface area contributed by atoms with Crippen LogP contribution in [0.4, 0.5) is 4.79 Å². The zero-order chi connectivity index (χ0) is 43.5. The van der Waals surface area contributed by atoms with Crippen LogP contribution in [0.25, 0.3) is 22.5 Å². The molecule has 6 rings (SSSR count). The van der Waals surface area contributed by atoms with Gasteiger partial charge in [0.05, 0.1) is 19.8 Å². The Labute approximate surface area is 349 Å². The number of hydrogen-bond acceptors (Lipinski definition) is 20. The predicted octanol–water partition coefficient (Wildman–Crippen LogP) is 3.31. The molecule has 0 saturated carbocycles. The van der Waals surface area contributed by atoms with E-state index in [2.05, 4.69) is 35.3 Å². The molecule has 4 heterocycles. The maximum atomic E-state index is 13.6. The van der Waals surface area contributed by atoms with Crippen LogP contribution in [0.3, 0.4) is 0 Å². The molecule has 2 aliphatic rings. The number of aromatic nitrogens is 6. The summed E-state index contributed by atoms with van der Waals surface area (Å²) in [6, 6.07) is 15.4. The second-order valence-electron chi connectivity index (χ2n) is 13.4. The Morgan fingerprint density at radius 3 is 2.33 bits per heavy atom. The van der Waals surface area contributed by atoms with E-state index in [-0.39, 0.29) is 30.6 Å². The molecule has 25 heteroatoms. The number of unbranched alkanes of at least 4 members (excludes halogenated alkanes) is 1. The highest BCUT2D eigenvalue weighted by Gasteiger charge is 2.51. The standard InChI is InChI=1S/C36H39ClN8O16/c1-3-4-9-28-38-33(37)30(43(28)14-21-10-12-22(13-11-21)24-7-5-6-8-25(24)34-39-41-42-40-34)35(47)57-20(2)58-36(48)60-27-18-55-31-26(17-54-32(27)31)59-29(46)19-53-15-23(61-45(51)52)16-56-44(49)50/h5-8,10-13,20,23,26-27,31-32H,3-4,9,14-19H2,1-2H3,(H,39,40,41,42)/t20?,23?,26-,27-,31?,32?/m1/s1. The molecule has 0 bridgehead atoms. The molecule has 0 radical (unpaired) electrons. The minimum Gasteiger partial charge on any atom is -0.455 e. The number of aromatic amines is 1. The Kier molecular flexibility index (Phi) is 14.9. The molecule has 0 amide bonds. The van der Waals surface area contributed by atoms with Crippen LogP contribution in [-0.4, -0.2) is 128 Å². The number of ether oxygens (including phenoxy) is 7. The third-order valence-electron chi connectivity index (χ3n) is 9.22. The fraction of sp³-hybridized carbons (Fsp3) is 0.472. The molecule has 0 spiro atoms. The van der Waals surface area contributed by atoms with Gasteiger partial charge in [-0.3, -0.25) is 0 Å². The SMILES string of the molecule is CCCCc1nc(Cl)c(C(=O)OC(C)OC(=O)O[C@@H]2COC3C2OC[C@H]3OC(=O)COCC(CO[N+](=O)[O-])O[N+](=O)[O-])n1Cc1ccc(-c2ccccc2-c2nn[nH]n2)cc1. The van der Waals surface area contributed by atoms with Gasteiger partial charge >= 0.3 is 18.1 Å². The van der Waals surface area contributed by atoms with Crippen LogP contribution in [0.15, 0.2) is 48.5 Å². The third kappa shape index (κ3) is 11.6. The van der Waals surface area contributed by atoms with Gasteiger partial charge in [-0.2, -0.15) is 5.21 Å². The fourth-order valence-electron chi connectivity index (χ4n) is 6.54. The zero-order valence-electron chi connectivity index (χ0n) is 32.5. The number of halogens is 1. The number of fused-ring (bicyclic) bond motifs is 1. The fourth-order valence-corrected chi connectivity index (χ4v) is 6.81. The first-order valence-electron chi connectivity index (χ1n) is 18.7. The van der Waals surface area contributed by atoms with Crippen LogP contribution >= 0.6 is 11.6 Å². The van der Waals surface area contributed by atoms with Crippen molar-refractivity contribution in [3.63, 3.8) is 0 Å². The van der Waals surface area contributed by atoms with Crippen LogP contribution in [0.5, 0.6) is 0 Å². The number of tetrazole rings is 1. The van der Waals surface area contributed by atoms with Crippen molar-refractivity contribution in [3.8, 4) is 22.5 Å². The van der Waals surface area contributed by atoms with E-state index in [9.17, 15) is 34.6 Å². The third-order valence-corrected chi connectivity index (χ3v) is 9.49. The first-order valence-corrected chi connectivity index (χ1v) is 19.1. The second-order valence-corrected chi connectivity index (χ2v) is 13.8. The zero-order valence-corrected chi connectivity index (χ0v) is 33.2. The van der Waals surface area contributed by atoms with Crippen molar-refractivity contribution in [2.24, 2.45) is 0 Å². The average Bonchev–Trinajstić information content (AvgIpc) is 4.03. The van der Waals surface area contributed by atoms with Crippen LogP contribution < -0.4 is 0 Å². The first kappa shape index (κ1) is 44.1. The molecule has 2 fully saturated rings. The second kappa shape index (κ2) is 20.7. The van der Waals surface area contributed by atoms with E-state index in [4.69, 9.17) is 44.8 Å². The van der Waals surface area contributed by atoms with E-state index in [1.807, 2.05) is 55.5 Å². The molecule has 1 N–H and O–H groups in total. The predicted molar refractivity (Wildman–Crippen MR) is 201 cm³/mol. The van der Waals surface area contributed by atoms with Gasteiger partial charge < -0.3 is 47.4 Å². The van der Waals surface area contributed by atoms with Gasteiger partial charge in [0.15, 0.2) is 29.2 Å². The maximum Gasteiger partial charge on any atom is 0.511 e. The molecule has 2 aromatic carbocycles. The lowest BCUT2D eigenvalue weighted by Gasteiger charge is -2.19. The lowest BCUT2D eigenvalue weighted by molar-refractivity contribution is -0.790. The number of aryl methyl sites for hydroxylation is 1. The molecule has 2 aliphatic heterocycles. The van der Waals surface area contributed by atoms with Crippen LogP contribution in [0.2, 0.25) is 5.15 Å². The quantitative estimate of drug-likeness (QED) is 0.0413. The Bertz CT molecular complexity index is 2160. The number of benzene rings is 2. The van der Waals surface area contributed by atoms with Crippen molar-refractivity contribution in [1.82, 2.24) is 30.2 Å². The van der Waals surface area contributed by atoms with E-state index in [0.29, 0.717) is 18.1 Å². The highest BCUT2D eigenvalue weighted by molar-refractivity contribution is 6.32. The molecule has 2 saturated heterocycles. The van der Waals surface area contributed by atoms with Crippen molar-refractivity contribution in [2.45, 2.75) is 76.5 Å². The van der Waals surface area contributed by atoms with Gasteiger partial charge in [-0.1, -0.05) is 73.5 Å². The van der Waals surface area contributed by atoms with Gasteiger partial charge in [0.25, 0.3) is 10.2 Å². The molecule has 2 aromatic heterocycles. The lowest BCUT2D eigenvalue weighted by atomic mass is 9.98. The van der Waals surface area contributed by atoms with E-state index in [0.717, 1.165) is 35.1 Å². The Balaban J connectivity index is 1.01. The van der Waals surface area contributed by atoms with Crippen molar-refractivity contribution in [2.75, 3.05) is 33.0 Å². The lowest BCUT2D eigenvalue weighted by Crippen LogP contribution is -2.37. The van der Waals surface area contributed by atoms with Gasteiger partial charge in [-0.05, 0) is 28.3 Å². The maximum absolute atomic E-state index is 13.6. The number of H-pyrrole nitrogens is 1. The van der Waals surface area contributed by atoms with E-state index < -0.39 is 84.9 Å². The molecule has 0 aliphatic carbocycles. The normalized spacial score (nSPS) is 19.0. The molecule has 326 valence electrons. The van der Waals surface area contributed by atoms with Gasteiger partial charge in [-0.15, -0.1) is 30.4 Å². The Morgan fingerprint density at radius 1 is 0.967 bits per heavy atom.